The lowest BCUT2D eigenvalue weighted by atomic mass is 9.94. The first-order valence-electron chi connectivity index (χ1n) is 6.97. The van der Waals surface area contributed by atoms with Crippen molar-refractivity contribution in [3.8, 4) is 11.5 Å². The molecular formula is C16H16F4N2O2. The van der Waals surface area contributed by atoms with E-state index in [-0.39, 0.29) is 11.5 Å². The van der Waals surface area contributed by atoms with Crippen LogP contribution in [0.1, 0.15) is 23.2 Å². The molecule has 0 bridgehead atoms. The van der Waals surface area contributed by atoms with Gasteiger partial charge in [0.2, 0.25) is 0 Å². The van der Waals surface area contributed by atoms with Gasteiger partial charge in [-0.2, -0.15) is 17.6 Å². The van der Waals surface area contributed by atoms with Crippen LogP contribution >= 0.6 is 0 Å². The second kappa shape index (κ2) is 7.98. The minimum Gasteiger partial charge on any atom is -0.435 e. The van der Waals surface area contributed by atoms with Crippen molar-refractivity contribution in [2.75, 3.05) is 0 Å². The number of halogens is 4. The third-order valence-corrected chi connectivity index (χ3v) is 3.32. The molecule has 8 heteroatoms. The number of nitrogens with two attached hydrogens (primary N) is 2. The summed E-state index contributed by atoms with van der Waals surface area (Å²) in [4.78, 5) is 0. The van der Waals surface area contributed by atoms with E-state index in [0.29, 0.717) is 11.1 Å². The molecule has 130 valence electrons. The average Bonchev–Trinajstić information content (AvgIpc) is 2.52. The average molecular weight is 344 g/mol. The molecule has 2 aromatic rings. The summed E-state index contributed by atoms with van der Waals surface area (Å²) in [5.74, 6) is -0.0835. The van der Waals surface area contributed by atoms with Gasteiger partial charge in [0.25, 0.3) is 0 Å². The number of rotatable bonds is 7. The maximum absolute atomic E-state index is 12.3. The molecular weight excluding hydrogens is 328 g/mol. The monoisotopic (exact) mass is 344 g/mol. The number of benzene rings is 2. The first-order valence-corrected chi connectivity index (χ1v) is 6.97. The molecule has 0 saturated heterocycles. The zero-order chi connectivity index (χ0) is 17.7. The van der Waals surface area contributed by atoms with Crippen molar-refractivity contribution in [2.24, 2.45) is 11.5 Å². The van der Waals surface area contributed by atoms with Crippen LogP contribution < -0.4 is 20.9 Å². The van der Waals surface area contributed by atoms with Gasteiger partial charge in [-0.1, -0.05) is 24.3 Å². The Hall–Kier alpha value is -2.32. The van der Waals surface area contributed by atoms with Crippen molar-refractivity contribution < 1.29 is 27.0 Å². The summed E-state index contributed by atoms with van der Waals surface area (Å²) in [5, 5.41) is 0. The fourth-order valence-corrected chi connectivity index (χ4v) is 2.21. The predicted molar refractivity (Wildman–Crippen MR) is 80.0 cm³/mol. The molecule has 2 aromatic carbocycles. The van der Waals surface area contributed by atoms with Crippen molar-refractivity contribution in [3.63, 3.8) is 0 Å². The highest BCUT2D eigenvalue weighted by atomic mass is 19.3. The van der Waals surface area contributed by atoms with Crippen molar-refractivity contribution >= 4 is 0 Å². The van der Waals surface area contributed by atoms with Gasteiger partial charge in [0, 0.05) is 12.1 Å². The molecule has 2 atom stereocenters. The molecule has 0 saturated carbocycles. The van der Waals surface area contributed by atoms with Gasteiger partial charge in [-0.05, 0) is 35.4 Å². The summed E-state index contributed by atoms with van der Waals surface area (Å²) in [6.07, 6.45) is 0. The number of alkyl halides is 4. The van der Waals surface area contributed by atoms with Crippen LogP contribution in [0.2, 0.25) is 0 Å². The summed E-state index contributed by atoms with van der Waals surface area (Å²) in [7, 11) is 0. The molecule has 0 amide bonds. The summed E-state index contributed by atoms with van der Waals surface area (Å²) < 4.78 is 57.7. The Morgan fingerprint density at radius 2 is 1.04 bits per heavy atom. The predicted octanol–water partition coefficient (Wildman–Crippen LogP) is 3.59. The summed E-state index contributed by atoms with van der Waals surface area (Å²) in [6.45, 7) is -5.90. The SMILES string of the molecule is NC(c1cccc(OC(F)F)c1)C(N)c1cccc(OC(F)F)c1. The highest BCUT2D eigenvalue weighted by Gasteiger charge is 2.19. The Labute approximate surface area is 136 Å². The van der Waals surface area contributed by atoms with Gasteiger partial charge >= 0.3 is 13.2 Å². The molecule has 0 aliphatic heterocycles. The highest BCUT2D eigenvalue weighted by molar-refractivity contribution is 5.35. The third-order valence-electron chi connectivity index (χ3n) is 3.32. The smallest absolute Gasteiger partial charge is 0.387 e. The Morgan fingerprint density at radius 3 is 1.38 bits per heavy atom. The lowest BCUT2D eigenvalue weighted by molar-refractivity contribution is -0.0506. The topological polar surface area (TPSA) is 70.5 Å². The quantitative estimate of drug-likeness (QED) is 0.753. The van der Waals surface area contributed by atoms with Crippen LogP contribution in [0.15, 0.2) is 48.5 Å². The molecule has 24 heavy (non-hydrogen) atoms. The normalized spacial score (nSPS) is 13.8. The maximum atomic E-state index is 12.3. The lowest BCUT2D eigenvalue weighted by Crippen LogP contribution is -2.26. The van der Waals surface area contributed by atoms with E-state index in [2.05, 4.69) is 9.47 Å². The van der Waals surface area contributed by atoms with Crippen molar-refractivity contribution in [1.29, 1.82) is 0 Å². The molecule has 4 nitrogen and oxygen atoms in total. The zero-order valence-corrected chi connectivity index (χ0v) is 12.4. The molecule has 4 N–H and O–H groups in total. The molecule has 2 rings (SSSR count). The van der Waals surface area contributed by atoms with Gasteiger partial charge in [-0.3, -0.25) is 0 Å². The van der Waals surface area contributed by atoms with Crippen LogP contribution in [-0.4, -0.2) is 13.2 Å². The molecule has 0 aliphatic rings. The maximum Gasteiger partial charge on any atom is 0.387 e. The van der Waals surface area contributed by atoms with E-state index in [0.717, 1.165) is 0 Å². The van der Waals surface area contributed by atoms with Crippen molar-refractivity contribution in [1.82, 2.24) is 0 Å². The molecule has 0 spiro atoms. The van der Waals surface area contributed by atoms with E-state index >= 15 is 0 Å². The van der Waals surface area contributed by atoms with E-state index in [1.165, 1.54) is 36.4 Å². The molecule has 0 aromatic heterocycles. The fourth-order valence-electron chi connectivity index (χ4n) is 2.21. The van der Waals surface area contributed by atoms with Crippen LogP contribution in [-0.2, 0) is 0 Å². The Kier molecular flexibility index (Phi) is 5.99. The summed E-state index contributed by atoms with van der Waals surface area (Å²) in [6, 6.07) is 10.2. The highest BCUT2D eigenvalue weighted by Crippen LogP contribution is 2.29. The van der Waals surface area contributed by atoms with Gasteiger partial charge in [-0.25, -0.2) is 0 Å². The zero-order valence-electron chi connectivity index (χ0n) is 12.4. The van der Waals surface area contributed by atoms with Crippen LogP contribution in [0.5, 0.6) is 11.5 Å². The van der Waals surface area contributed by atoms with Gasteiger partial charge in [0.1, 0.15) is 11.5 Å². The van der Waals surface area contributed by atoms with Gasteiger partial charge in [-0.15, -0.1) is 0 Å². The van der Waals surface area contributed by atoms with E-state index in [1.807, 2.05) is 0 Å². The Balaban J connectivity index is 2.18. The second-order valence-corrected chi connectivity index (χ2v) is 4.95. The van der Waals surface area contributed by atoms with E-state index in [4.69, 9.17) is 11.5 Å². The van der Waals surface area contributed by atoms with Gasteiger partial charge < -0.3 is 20.9 Å². The second-order valence-electron chi connectivity index (χ2n) is 4.95. The lowest BCUT2D eigenvalue weighted by Gasteiger charge is -2.21. The van der Waals surface area contributed by atoms with E-state index < -0.39 is 25.3 Å². The van der Waals surface area contributed by atoms with E-state index in [1.54, 1.807) is 12.1 Å². The summed E-state index contributed by atoms with van der Waals surface area (Å²) >= 11 is 0. The van der Waals surface area contributed by atoms with Crippen LogP contribution in [0, 0.1) is 0 Å². The minimum absolute atomic E-state index is 0.0417. The Bertz CT molecular complexity index is 613. The third kappa shape index (κ3) is 4.84. The molecule has 0 heterocycles. The molecule has 0 radical (unpaired) electrons. The molecule has 0 aliphatic carbocycles. The first kappa shape index (κ1) is 18.0. The van der Waals surface area contributed by atoms with Crippen LogP contribution in [0.3, 0.4) is 0 Å². The van der Waals surface area contributed by atoms with Gasteiger partial charge in [0.15, 0.2) is 0 Å². The number of hydrogen-bond acceptors (Lipinski definition) is 4. The van der Waals surface area contributed by atoms with Crippen molar-refractivity contribution in [2.45, 2.75) is 25.3 Å². The van der Waals surface area contributed by atoms with Crippen LogP contribution in [0.4, 0.5) is 17.6 Å². The number of ether oxygens (including phenoxy) is 2. The first-order chi connectivity index (χ1) is 11.4. The summed E-state index contributed by atoms with van der Waals surface area (Å²) in [5.41, 5.74) is 13.1. The Morgan fingerprint density at radius 1 is 0.667 bits per heavy atom. The largest absolute Gasteiger partial charge is 0.435 e. The molecule has 2 unspecified atom stereocenters. The minimum atomic E-state index is -2.95. The number of hydrogen-bond donors (Lipinski definition) is 2. The molecule has 0 fully saturated rings. The standard InChI is InChI=1S/C16H16F4N2O2/c17-15(18)23-11-5-1-3-9(7-11)13(21)14(22)10-4-2-6-12(8-10)24-16(19)20/h1-8,13-16H,21-22H2. The van der Waals surface area contributed by atoms with Crippen molar-refractivity contribution in [3.05, 3.63) is 59.7 Å². The van der Waals surface area contributed by atoms with Gasteiger partial charge in [0.05, 0.1) is 0 Å². The van der Waals surface area contributed by atoms with Crippen LogP contribution in [0.25, 0.3) is 0 Å². The van der Waals surface area contributed by atoms with E-state index in [9.17, 15) is 17.6 Å². The fraction of sp³-hybridized carbons (Fsp3) is 0.250.